The van der Waals surface area contributed by atoms with E-state index in [-0.39, 0.29) is 6.10 Å². The van der Waals surface area contributed by atoms with Crippen molar-refractivity contribution in [1.82, 2.24) is 0 Å². The minimum Gasteiger partial charge on any atom is -0.494 e. The molecule has 1 saturated heterocycles. The molecule has 0 atom stereocenters. The Balaban J connectivity index is 2.03. The summed E-state index contributed by atoms with van der Waals surface area (Å²) in [7, 11) is 0. The van der Waals surface area contributed by atoms with Crippen LogP contribution in [0.4, 0.5) is 0 Å². The van der Waals surface area contributed by atoms with E-state index in [0.29, 0.717) is 0 Å². The molecule has 0 bridgehead atoms. The maximum absolute atomic E-state index is 4.92. The van der Waals surface area contributed by atoms with Crippen LogP contribution in [-0.2, 0) is 9.47 Å². The van der Waals surface area contributed by atoms with Crippen LogP contribution in [0.1, 0.15) is 0 Å². The van der Waals surface area contributed by atoms with Gasteiger partial charge in [-0.05, 0) is 0 Å². The molecule has 1 aliphatic heterocycles. The lowest BCUT2D eigenvalue weighted by atomic mass is 10.3. The van der Waals surface area contributed by atoms with E-state index in [2.05, 4.69) is 6.58 Å². The van der Waals surface area contributed by atoms with Crippen molar-refractivity contribution in [3.63, 3.8) is 0 Å². The second-order valence-electron chi connectivity index (χ2n) is 1.46. The Bertz CT molecular complexity index is 66.5. The van der Waals surface area contributed by atoms with Crippen molar-refractivity contribution in [3.05, 3.63) is 12.8 Å². The third-order valence-corrected chi connectivity index (χ3v) is 0.896. The Labute approximate surface area is 42.7 Å². The largest absolute Gasteiger partial charge is 0.494 e. The number of rotatable bonds is 2. The predicted octanol–water partition coefficient (Wildman–Crippen LogP) is 0.545. The standard InChI is InChI=1S/C5H8O2/c1-2-7-5-3-6-4-5/h2,5H,1,3-4H2. The van der Waals surface area contributed by atoms with E-state index in [9.17, 15) is 0 Å². The Kier molecular flexibility index (Phi) is 1.32. The van der Waals surface area contributed by atoms with Crippen molar-refractivity contribution in [2.24, 2.45) is 0 Å². The van der Waals surface area contributed by atoms with Gasteiger partial charge in [0.2, 0.25) is 0 Å². The highest BCUT2D eigenvalue weighted by molar-refractivity contribution is 4.67. The minimum absolute atomic E-state index is 0.289. The van der Waals surface area contributed by atoms with Crippen molar-refractivity contribution < 1.29 is 9.47 Å². The van der Waals surface area contributed by atoms with E-state index in [1.54, 1.807) is 0 Å². The van der Waals surface area contributed by atoms with Crippen molar-refractivity contribution in [1.29, 1.82) is 0 Å². The van der Waals surface area contributed by atoms with Gasteiger partial charge in [-0.25, -0.2) is 0 Å². The van der Waals surface area contributed by atoms with Crippen LogP contribution in [-0.4, -0.2) is 19.3 Å². The minimum atomic E-state index is 0.289. The smallest absolute Gasteiger partial charge is 0.144 e. The first kappa shape index (κ1) is 4.65. The van der Waals surface area contributed by atoms with Crippen LogP contribution in [0.15, 0.2) is 12.8 Å². The maximum Gasteiger partial charge on any atom is 0.144 e. The third-order valence-electron chi connectivity index (χ3n) is 0.896. The molecule has 0 amide bonds. The van der Waals surface area contributed by atoms with Gasteiger partial charge in [-0.1, -0.05) is 6.58 Å². The van der Waals surface area contributed by atoms with Crippen LogP contribution < -0.4 is 0 Å². The number of hydrogen-bond donors (Lipinski definition) is 0. The monoisotopic (exact) mass is 100 g/mol. The summed E-state index contributed by atoms with van der Waals surface area (Å²) in [4.78, 5) is 0. The fourth-order valence-electron chi connectivity index (χ4n) is 0.429. The zero-order chi connectivity index (χ0) is 5.11. The topological polar surface area (TPSA) is 18.5 Å². The highest BCUT2D eigenvalue weighted by Crippen LogP contribution is 2.03. The molecule has 0 saturated carbocycles. The Morgan fingerprint density at radius 3 is 2.57 bits per heavy atom. The molecule has 0 aromatic carbocycles. The fourth-order valence-corrected chi connectivity index (χ4v) is 0.429. The SMILES string of the molecule is C=COC1COC1. The molecule has 2 nitrogen and oxygen atoms in total. The molecule has 0 aromatic rings. The second kappa shape index (κ2) is 1.98. The van der Waals surface area contributed by atoms with Crippen LogP contribution in [0.5, 0.6) is 0 Å². The predicted molar refractivity (Wildman–Crippen MR) is 25.9 cm³/mol. The van der Waals surface area contributed by atoms with Gasteiger partial charge >= 0.3 is 0 Å². The van der Waals surface area contributed by atoms with Crippen molar-refractivity contribution in [3.8, 4) is 0 Å². The molecule has 0 spiro atoms. The van der Waals surface area contributed by atoms with Crippen molar-refractivity contribution in [2.75, 3.05) is 13.2 Å². The van der Waals surface area contributed by atoms with Gasteiger partial charge in [0.05, 0.1) is 19.5 Å². The average molecular weight is 100 g/mol. The van der Waals surface area contributed by atoms with Gasteiger partial charge in [-0.2, -0.15) is 0 Å². The summed E-state index contributed by atoms with van der Waals surface area (Å²) in [5.74, 6) is 0. The van der Waals surface area contributed by atoms with Crippen LogP contribution in [0.3, 0.4) is 0 Å². The molecule has 0 unspecified atom stereocenters. The van der Waals surface area contributed by atoms with Crippen LogP contribution in [0.25, 0.3) is 0 Å². The van der Waals surface area contributed by atoms with E-state index in [4.69, 9.17) is 9.47 Å². The summed E-state index contributed by atoms with van der Waals surface area (Å²) >= 11 is 0. The van der Waals surface area contributed by atoms with Crippen LogP contribution in [0, 0.1) is 0 Å². The first-order chi connectivity index (χ1) is 3.43. The molecule has 2 heteroatoms. The van der Waals surface area contributed by atoms with E-state index in [1.165, 1.54) is 6.26 Å². The lowest BCUT2D eigenvalue weighted by Gasteiger charge is -2.24. The van der Waals surface area contributed by atoms with Gasteiger partial charge in [0, 0.05) is 0 Å². The molecule has 7 heavy (non-hydrogen) atoms. The summed E-state index contributed by atoms with van der Waals surface area (Å²) < 4.78 is 9.73. The van der Waals surface area contributed by atoms with Gasteiger partial charge < -0.3 is 9.47 Å². The Morgan fingerprint density at radius 1 is 1.71 bits per heavy atom. The number of hydrogen-bond acceptors (Lipinski definition) is 2. The molecule has 0 radical (unpaired) electrons. The molecular weight excluding hydrogens is 92.1 g/mol. The fraction of sp³-hybridized carbons (Fsp3) is 0.600. The molecule has 1 rings (SSSR count). The highest BCUT2D eigenvalue weighted by Gasteiger charge is 2.17. The van der Waals surface area contributed by atoms with Gasteiger partial charge in [-0.3, -0.25) is 0 Å². The zero-order valence-electron chi connectivity index (χ0n) is 4.09. The van der Waals surface area contributed by atoms with Crippen LogP contribution in [0.2, 0.25) is 0 Å². The lowest BCUT2D eigenvalue weighted by Crippen LogP contribution is -2.34. The van der Waals surface area contributed by atoms with Gasteiger partial charge in [-0.15, -0.1) is 0 Å². The molecule has 1 aliphatic rings. The van der Waals surface area contributed by atoms with Gasteiger partial charge in [0.1, 0.15) is 6.10 Å². The lowest BCUT2D eigenvalue weighted by molar-refractivity contribution is -0.0991. The van der Waals surface area contributed by atoms with Gasteiger partial charge in [0.25, 0.3) is 0 Å². The molecule has 0 aliphatic carbocycles. The first-order valence-corrected chi connectivity index (χ1v) is 2.27. The summed E-state index contributed by atoms with van der Waals surface area (Å²) in [5.41, 5.74) is 0. The quantitative estimate of drug-likeness (QED) is 0.472. The molecule has 1 heterocycles. The van der Waals surface area contributed by atoms with E-state index in [0.717, 1.165) is 13.2 Å². The maximum atomic E-state index is 4.92. The first-order valence-electron chi connectivity index (χ1n) is 2.27. The van der Waals surface area contributed by atoms with Gasteiger partial charge in [0.15, 0.2) is 0 Å². The Morgan fingerprint density at radius 2 is 2.43 bits per heavy atom. The zero-order valence-corrected chi connectivity index (χ0v) is 4.09. The Hall–Kier alpha value is -0.500. The summed E-state index contributed by atoms with van der Waals surface area (Å²) in [5, 5.41) is 0. The number of ether oxygens (including phenoxy) is 2. The normalized spacial score (nSPS) is 20.6. The summed E-state index contributed by atoms with van der Waals surface area (Å²) in [6.07, 6.45) is 1.74. The van der Waals surface area contributed by atoms with E-state index in [1.807, 2.05) is 0 Å². The molecule has 0 N–H and O–H groups in total. The van der Waals surface area contributed by atoms with Crippen LogP contribution >= 0.6 is 0 Å². The average Bonchev–Trinajstić information content (AvgIpc) is 1.55. The van der Waals surface area contributed by atoms with Crippen molar-refractivity contribution in [2.45, 2.75) is 6.10 Å². The summed E-state index contributed by atoms with van der Waals surface area (Å²) in [6.45, 7) is 4.86. The van der Waals surface area contributed by atoms with E-state index >= 15 is 0 Å². The molecule has 40 valence electrons. The second-order valence-corrected chi connectivity index (χ2v) is 1.46. The molecular formula is C5H8O2. The van der Waals surface area contributed by atoms with E-state index < -0.39 is 0 Å². The van der Waals surface area contributed by atoms with Crippen molar-refractivity contribution >= 4 is 0 Å². The highest BCUT2D eigenvalue weighted by atomic mass is 16.6. The molecule has 0 aromatic heterocycles. The molecule has 1 fully saturated rings. The summed E-state index contributed by atoms with van der Waals surface area (Å²) in [6, 6.07) is 0. The third kappa shape index (κ3) is 0.933.